The zero-order valence-electron chi connectivity index (χ0n) is 13.5. The summed E-state index contributed by atoms with van der Waals surface area (Å²) in [6.45, 7) is 6.56. The van der Waals surface area contributed by atoms with Gasteiger partial charge in [-0.2, -0.15) is 0 Å². The number of nitrogens with one attached hydrogen (secondary N) is 1. The second kappa shape index (κ2) is 5.12. The van der Waals surface area contributed by atoms with E-state index in [2.05, 4.69) is 34.9 Å². The lowest BCUT2D eigenvalue weighted by Crippen LogP contribution is -2.54. The predicted octanol–water partition coefficient (Wildman–Crippen LogP) is 3.60. The second-order valence-corrected chi connectivity index (χ2v) is 8.01. The maximum atomic E-state index is 4.51. The van der Waals surface area contributed by atoms with Gasteiger partial charge in [-0.05, 0) is 75.5 Å². The predicted molar refractivity (Wildman–Crippen MR) is 84.8 cm³/mol. The fraction of sp³-hybridized carbons (Fsp3) is 0.833. The fourth-order valence-electron chi connectivity index (χ4n) is 5.96. The lowest BCUT2D eigenvalue weighted by molar-refractivity contribution is -0.0707. The van der Waals surface area contributed by atoms with E-state index in [1.165, 1.54) is 44.3 Å². The lowest BCUT2D eigenvalue weighted by atomic mass is 9.48. The van der Waals surface area contributed by atoms with E-state index >= 15 is 0 Å². The van der Waals surface area contributed by atoms with E-state index in [0.29, 0.717) is 11.5 Å². The highest BCUT2D eigenvalue weighted by Crippen LogP contribution is 2.61. The molecule has 1 atom stereocenters. The molecule has 0 amide bonds. The lowest BCUT2D eigenvalue weighted by Gasteiger charge is -2.59. The summed E-state index contributed by atoms with van der Waals surface area (Å²) in [6.07, 6.45) is 13.1. The molecule has 4 fully saturated rings. The molecule has 0 aliphatic heterocycles. The van der Waals surface area contributed by atoms with Gasteiger partial charge < -0.3 is 9.88 Å². The van der Waals surface area contributed by atoms with Crippen molar-refractivity contribution in [2.75, 3.05) is 0 Å². The third kappa shape index (κ3) is 2.34. The Morgan fingerprint density at radius 1 is 1.24 bits per heavy atom. The summed E-state index contributed by atoms with van der Waals surface area (Å²) in [5, 5.41) is 3.83. The third-order valence-corrected chi connectivity index (χ3v) is 6.71. The minimum Gasteiger partial charge on any atom is -0.334 e. The van der Waals surface area contributed by atoms with E-state index in [4.69, 9.17) is 0 Å². The van der Waals surface area contributed by atoms with Crippen LogP contribution in [0.25, 0.3) is 0 Å². The molecule has 1 N–H and O–H groups in total. The molecule has 0 spiro atoms. The van der Waals surface area contributed by atoms with Crippen LogP contribution in [0.3, 0.4) is 0 Å². The molecule has 4 aliphatic rings. The molecule has 1 aromatic heterocycles. The van der Waals surface area contributed by atoms with Crippen LogP contribution in [-0.4, -0.2) is 15.6 Å². The second-order valence-electron chi connectivity index (χ2n) is 8.01. The number of imidazole rings is 1. The molecule has 116 valence electrons. The van der Waals surface area contributed by atoms with Gasteiger partial charge >= 0.3 is 0 Å². The quantitative estimate of drug-likeness (QED) is 0.897. The average Bonchev–Trinajstić information content (AvgIpc) is 2.90. The highest BCUT2D eigenvalue weighted by Gasteiger charge is 2.52. The van der Waals surface area contributed by atoms with Crippen molar-refractivity contribution in [2.45, 2.75) is 71.5 Å². The molecule has 0 saturated heterocycles. The van der Waals surface area contributed by atoms with Crippen LogP contribution in [-0.2, 0) is 13.1 Å². The Hall–Kier alpha value is -0.830. The van der Waals surface area contributed by atoms with Crippen molar-refractivity contribution < 1.29 is 0 Å². The van der Waals surface area contributed by atoms with Gasteiger partial charge in [-0.25, -0.2) is 4.98 Å². The zero-order valence-corrected chi connectivity index (χ0v) is 13.5. The van der Waals surface area contributed by atoms with Crippen LogP contribution in [0.5, 0.6) is 0 Å². The fourth-order valence-corrected chi connectivity index (χ4v) is 5.96. The van der Waals surface area contributed by atoms with Crippen molar-refractivity contribution in [1.29, 1.82) is 0 Å². The highest BCUT2D eigenvalue weighted by molar-refractivity contribution is 5.05. The third-order valence-electron chi connectivity index (χ3n) is 6.71. The van der Waals surface area contributed by atoms with Gasteiger partial charge in [0.15, 0.2) is 0 Å². The van der Waals surface area contributed by atoms with Crippen LogP contribution in [0.2, 0.25) is 0 Å². The molecule has 4 aliphatic carbocycles. The summed E-state index contributed by atoms with van der Waals surface area (Å²) in [5.74, 6) is 4.31. The maximum absolute atomic E-state index is 4.51. The zero-order chi connectivity index (χ0) is 14.4. The number of hydrogen-bond acceptors (Lipinski definition) is 2. The van der Waals surface area contributed by atoms with Crippen LogP contribution in [0, 0.1) is 23.2 Å². The Bertz CT molecular complexity index is 469. The van der Waals surface area contributed by atoms with Gasteiger partial charge in [0.1, 0.15) is 5.82 Å². The van der Waals surface area contributed by atoms with Crippen molar-refractivity contribution in [2.24, 2.45) is 23.2 Å². The van der Waals surface area contributed by atoms with Gasteiger partial charge in [0.2, 0.25) is 0 Å². The van der Waals surface area contributed by atoms with Crippen molar-refractivity contribution in [3.63, 3.8) is 0 Å². The SMILES string of the molecule is CCn1ccnc1CNC(C)C12CC3CC(CC(C3)C1)C2. The Kier molecular flexibility index (Phi) is 3.36. The maximum Gasteiger partial charge on any atom is 0.122 e. The minimum absolute atomic E-state index is 0.596. The number of rotatable bonds is 5. The van der Waals surface area contributed by atoms with Crippen LogP contribution >= 0.6 is 0 Å². The summed E-state index contributed by atoms with van der Waals surface area (Å²) >= 11 is 0. The monoisotopic (exact) mass is 287 g/mol. The van der Waals surface area contributed by atoms with Gasteiger partial charge in [-0.3, -0.25) is 0 Å². The molecule has 3 nitrogen and oxygen atoms in total. The number of nitrogens with zero attached hydrogens (tertiary/aromatic N) is 2. The largest absolute Gasteiger partial charge is 0.334 e. The number of aryl methyl sites for hydroxylation is 1. The van der Waals surface area contributed by atoms with Gasteiger partial charge in [0.05, 0.1) is 6.54 Å². The van der Waals surface area contributed by atoms with Crippen molar-refractivity contribution in [3.05, 3.63) is 18.2 Å². The Labute approximate surface area is 128 Å². The molecular weight excluding hydrogens is 258 g/mol. The van der Waals surface area contributed by atoms with E-state index < -0.39 is 0 Å². The Balaban J connectivity index is 1.44. The molecular formula is C18H29N3. The average molecular weight is 287 g/mol. The normalized spacial score (nSPS) is 38.9. The first-order valence-electron chi connectivity index (χ1n) is 8.92. The van der Waals surface area contributed by atoms with E-state index in [9.17, 15) is 0 Å². The van der Waals surface area contributed by atoms with E-state index in [1.807, 2.05) is 6.20 Å². The standard InChI is InChI=1S/C18H29N3/c1-3-21-5-4-19-17(21)12-20-13(2)18-9-14-6-15(10-18)8-16(7-14)11-18/h4-5,13-16,20H,3,6-12H2,1-2H3. The molecule has 4 bridgehead atoms. The van der Waals surface area contributed by atoms with Crippen LogP contribution in [0.1, 0.15) is 58.2 Å². The Morgan fingerprint density at radius 3 is 2.43 bits per heavy atom. The first-order chi connectivity index (χ1) is 10.2. The molecule has 3 heteroatoms. The first-order valence-corrected chi connectivity index (χ1v) is 8.92. The molecule has 1 heterocycles. The van der Waals surface area contributed by atoms with Crippen molar-refractivity contribution >= 4 is 0 Å². The molecule has 1 unspecified atom stereocenters. The van der Waals surface area contributed by atoms with Gasteiger partial charge in [-0.15, -0.1) is 0 Å². The molecule has 1 aromatic rings. The number of aromatic nitrogens is 2. The molecule has 0 radical (unpaired) electrons. The Morgan fingerprint density at radius 2 is 1.86 bits per heavy atom. The molecule has 5 rings (SSSR count). The van der Waals surface area contributed by atoms with Crippen molar-refractivity contribution in [1.82, 2.24) is 14.9 Å². The topological polar surface area (TPSA) is 29.9 Å². The molecule has 4 saturated carbocycles. The highest BCUT2D eigenvalue weighted by atomic mass is 15.1. The van der Waals surface area contributed by atoms with Gasteiger partial charge in [0.25, 0.3) is 0 Å². The first kappa shape index (κ1) is 13.8. The minimum atomic E-state index is 0.596. The van der Waals surface area contributed by atoms with Gasteiger partial charge in [-0.1, -0.05) is 0 Å². The van der Waals surface area contributed by atoms with Crippen LogP contribution in [0.15, 0.2) is 12.4 Å². The van der Waals surface area contributed by atoms with Crippen LogP contribution < -0.4 is 5.32 Å². The molecule has 21 heavy (non-hydrogen) atoms. The number of hydrogen-bond donors (Lipinski definition) is 1. The smallest absolute Gasteiger partial charge is 0.122 e. The van der Waals surface area contributed by atoms with E-state index in [-0.39, 0.29) is 0 Å². The molecule has 0 aromatic carbocycles. The summed E-state index contributed by atoms with van der Waals surface area (Å²) in [5.41, 5.74) is 0.596. The van der Waals surface area contributed by atoms with Crippen LogP contribution in [0.4, 0.5) is 0 Å². The van der Waals surface area contributed by atoms with Crippen molar-refractivity contribution in [3.8, 4) is 0 Å². The summed E-state index contributed by atoms with van der Waals surface area (Å²) in [7, 11) is 0. The van der Waals surface area contributed by atoms with E-state index in [0.717, 1.165) is 30.8 Å². The summed E-state index contributed by atoms with van der Waals surface area (Å²) < 4.78 is 2.25. The summed E-state index contributed by atoms with van der Waals surface area (Å²) in [4.78, 5) is 4.51. The summed E-state index contributed by atoms with van der Waals surface area (Å²) in [6, 6.07) is 0.632. The van der Waals surface area contributed by atoms with Gasteiger partial charge in [0, 0.05) is 25.0 Å². The van der Waals surface area contributed by atoms with E-state index in [1.54, 1.807) is 0 Å².